The Morgan fingerprint density at radius 3 is 2.89 bits per heavy atom. The molecule has 1 aromatic carbocycles. The van der Waals surface area contributed by atoms with Gasteiger partial charge in [-0.25, -0.2) is 0 Å². The van der Waals surface area contributed by atoms with E-state index in [-0.39, 0.29) is 12.0 Å². The van der Waals surface area contributed by atoms with Crippen molar-refractivity contribution < 1.29 is 13.9 Å². The van der Waals surface area contributed by atoms with E-state index in [0.29, 0.717) is 18.8 Å². The van der Waals surface area contributed by atoms with Crippen molar-refractivity contribution in [1.82, 2.24) is 4.90 Å². The molecule has 0 radical (unpaired) electrons. The molecule has 1 amide bonds. The molecular weight excluding hydrogens is 242 g/mol. The van der Waals surface area contributed by atoms with E-state index in [0.717, 1.165) is 11.3 Å². The van der Waals surface area contributed by atoms with Crippen LogP contribution in [0.5, 0.6) is 5.75 Å². The van der Waals surface area contributed by atoms with Gasteiger partial charge in [0.05, 0.1) is 12.8 Å². The fourth-order valence-corrected chi connectivity index (χ4v) is 2.29. The van der Waals surface area contributed by atoms with Crippen molar-refractivity contribution in [3.8, 4) is 5.75 Å². The van der Waals surface area contributed by atoms with Crippen molar-refractivity contribution in [3.63, 3.8) is 0 Å². The highest BCUT2D eigenvalue weighted by atomic mass is 16.5. The number of nitrogens with zero attached hydrogens (tertiary/aromatic N) is 1. The zero-order valence-corrected chi connectivity index (χ0v) is 10.7. The molecule has 19 heavy (non-hydrogen) atoms. The number of carbonyl (C=O) groups is 1. The minimum Gasteiger partial charge on any atom is -0.489 e. The number of hydrogen-bond donors (Lipinski definition) is 0. The fourth-order valence-electron chi connectivity index (χ4n) is 2.29. The molecule has 1 aliphatic heterocycles. The average molecular weight is 257 g/mol. The first-order chi connectivity index (χ1) is 9.24. The molecule has 4 heteroatoms. The van der Waals surface area contributed by atoms with Gasteiger partial charge < -0.3 is 14.1 Å². The standard InChI is InChI=1S/C15H15NO3/c1-11-9-16(15(17)14-7-4-8-18-14)10-12-5-2-3-6-13(12)19-11/h2-8,11H,9-10H2,1H3. The molecule has 1 aliphatic rings. The number of ether oxygens (including phenoxy) is 1. The predicted molar refractivity (Wildman–Crippen MR) is 70.0 cm³/mol. The molecule has 98 valence electrons. The molecular formula is C15H15NO3. The Bertz CT molecular complexity index is 577. The topological polar surface area (TPSA) is 42.7 Å². The van der Waals surface area contributed by atoms with E-state index in [4.69, 9.17) is 9.15 Å². The van der Waals surface area contributed by atoms with E-state index in [1.807, 2.05) is 31.2 Å². The van der Waals surface area contributed by atoms with Crippen LogP contribution in [0.3, 0.4) is 0 Å². The van der Waals surface area contributed by atoms with Gasteiger partial charge in [0.1, 0.15) is 11.9 Å². The third kappa shape index (κ3) is 2.34. The number of benzene rings is 1. The number of rotatable bonds is 1. The van der Waals surface area contributed by atoms with E-state index in [2.05, 4.69) is 0 Å². The first kappa shape index (κ1) is 11.8. The third-order valence-electron chi connectivity index (χ3n) is 3.16. The van der Waals surface area contributed by atoms with Gasteiger partial charge in [-0.3, -0.25) is 4.79 Å². The number of para-hydroxylation sites is 1. The molecule has 1 unspecified atom stereocenters. The summed E-state index contributed by atoms with van der Waals surface area (Å²) >= 11 is 0. The summed E-state index contributed by atoms with van der Waals surface area (Å²) in [6, 6.07) is 11.2. The number of amides is 1. The minimum atomic E-state index is -0.0999. The lowest BCUT2D eigenvalue weighted by molar-refractivity contribution is 0.0659. The Morgan fingerprint density at radius 1 is 1.26 bits per heavy atom. The second kappa shape index (κ2) is 4.80. The number of fused-ring (bicyclic) bond motifs is 1. The van der Waals surface area contributed by atoms with Crippen molar-refractivity contribution in [2.45, 2.75) is 19.6 Å². The largest absolute Gasteiger partial charge is 0.489 e. The number of carbonyl (C=O) groups excluding carboxylic acids is 1. The summed E-state index contributed by atoms with van der Waals surface area (Å²) in [5.41, 5.74) is 1.02. The Hall–Kier alpha value is -2.23. The third-order valence-corrected chi connectivity index (χ3v) is 3.16. The summed E-state index contributed by atoms with van der Waals surface area (Å²) in [5.74, 6) is 1.12. The van der Waals surface area contributed by atoms with Gasteiger partial charge >= 0.3 is 0 Å². The van der Waals surface area contributed by atoms with Gasteiger partial charge in [0.15, 0.2) is 5.76 Å². The monoisotopic (exact) mass is 257 g/mol. The smallest absolute Gasteiger partial charge is 0.289 e. The van der Waals surface area contributed by atoms with Crippen LogP contribution in [0, 0.1) is 0 Å². The van der Waals surface area contributed by atoms with Gasteiger partial charge in [-0.2, -0.15) is 0 Å². The second-order valence-corrected chi connectivity index (χ2v) is 4.70. The Labute approximate surface area is 111 Å². The van der Waals surface area contributed by atoms with Crippen LogP contribution in [-0.2, 0) is 6.54 Å². The van der Waals surface area contributed by atoms with Crippen LogP contribution in [-0.4, -0.2) is 23.5 Å². The van der Waals surface area contributed by atoms with E-state index < -0.39 is 0 Å². The Kier molecular flexibility index (Phi) is 2.99. The zero-order valence-electron chi connectivity index (χ0n) is 10.7. The lowest BCUT2D eigenvalue weighted by Gasteiger charge is -2.20. The first-order valence-corrected chi connectivity index (χ1v) is 6.31. The Balaban J connectivity index is 1.89. The van der Waals surface area contributed by atoms with Crippen LogP contribution in [0.2, 0.25) is 0 Å². The van der Waals surface area contributed by atoms with Crippen LogP contribution in [0.4, 0.5) is 0 Å². The highest BCUT2D eigenvalue weighted by Gasteiger charge is 2.25. The molecule has 0 bridgehead atoms. The van der Waals surface area contributed by atoms with Crippen molar-refractivity contribution in [3.05, 3.63) is 54.0 Å². The van der Waals surface area contributed by atoms with Crippen LogP contribution >= 0.6 is 0 Å². The average Bonchev–Trinajstić information content (AvgIpc) is 2.87. The number of furan rings is 1. The second-order valence-electron chi connectivity index (χ2n) is 4.70. The van der Waals surface area contributed by atoms with Gasteiger partial charge in [-0.15, -0.1) is 0 Å². The highest BCUT2D eigenvalue weighted by Crippen LogP contribution is 2.25. The van der Waals surface area contributed by atoms with Gasteiger partial charge in [-0.1, -0.05) is 18.2 Å². The summed E-state index contributed by atoms with van der Waals surface area (Å²) in [5, 5.41) is 0. The SMILES string of the molecule is CC1CN(C(=O)c2ccco2)Cc2ccccc2O1. The van der Waals surface area contributed by atoms with Crippen LogP contribution in [0.1, 0.15) is 23.0 Å². The number of hydrogen-bond acceptors (Lipinski definition) is 3. The molecule has 0 spiro atoms. The molecule has 2 heterocycles. The molecule has 0 fully saturated rings. The normalized spacial score (nSPS) is 18.4. The van der Waals surface area contributed by atoms with E-state index in [1.165, 1.54) is 6.26 Å². The molecule has 0 aliphatic carbocycles. The summed E-state index contributed by atoms with van der Waals surface area (Å²) in [6.07, 6.45) is 1.47. The maximum absolute atomic E-state index is 12.3. The lowest BCUT2D eigenvalue weighted by atomic mass is 10.2. The van der Waals surface area contributed by atoms with Gasteiger partial charge in [0, 0.05) is 12.1 Å². The molecule has 1 aromatic heterocycles. The molecule has 0 N–H and O–H groups in total. The summed E-state index contributed by atoms with van der Waals surface area (Å²) in [6.45, 7) is 3.05. The molecule has 3 rings (SSSR count). The molecule has 0 saturated carbocycles. The Morgan fingerprint density at radius 2 is 2.11 bits per heavy atom. The highest BCUT2D eigenvalue weighted by molar-refractivity contribution is 5.91. The zero-order chi connectivity index (χ0) is 13.2. The van der Waals surface area contributed by atoms with E-state index in [1.54, 1.807) is 17.0 Å². The summed E-state index contributed by atoms with van der Waals surface area (Å²) in [7, 11) is 0. The van der Waals surface area contributed by atoms with E-state index in [9.17, 15) is 4.79 Å². The molecule has 2 aromatic rings. The van der Waals surface area contributed by atoms with Gasteiger partial charge in [0.25, 0.3) is 5.91 Å². The first-order valence-electron chi connectivity index (χ1n) is 6.31. The minimum absolute atomic E-state index is 0.0393. The molecule has 1 atom stereocenters. The van der Waals surface area contributed by atoms with Crippen LogP contribution < -0.4 is 4.74 Å². The van der Waals surface area contributed by atoms with Crippen molar-refractivity contribution in [1.29, 1.82) is 0 Å². The van der Waals surface area contributed by atoms with Crippen molar-refractivity contribution in [2.75, 3.05) is 6.54 Å². The van der Waals surface area contributed by atoms with E-state index >= 15 is 0 Å². The lowest BCUT2D eigenvalue weighted by Crippen LogP contribution is -2.35. The quantitative estimate of drug-likeness (QED) is 0.788. The summed E-state index contributed by atoms with van der Waals surface area (Å²) in [4.78, 5) is 14.1. The summed E-state index contributed by atoms with van der Waals surface area (Å²) < 4.78 is 11.0. The fraction of sp³-hybridized carbons (Fsp3) is 0.267. The molecule has 0 saturated heterocycles. The maximum atomic E-state index is 12.3. The van der Waals surface area contributed by atoms with Crippen molar-refractivity contribution in [2.24, 2.45) is 0 Å². The molecule has 4 nitrogen and oxygen atoms in total. The maximum Gasteiger partial charge on any atom is 0.289 e. The van der Waals surface area contributed by atoms with Gasteiger partial charge in [0.2, 0.25) is 0 Å². The predicted octanol–water partition coefficient (Wildman–Crippen LogP) is 2.70. The van der Waals surface area contributed by atoms with Crippen molar-refractivity contribution >= 4 is 5.91 Å². The van der Waals surface area contributed by atoms with Crippen LogP contribution in [0.15, 0.2) is 47.1 Å². The van der Waals surface area contributed by atoms with Gasteiger partial charge in [-0.05, 0) is 25.1 Å². The van der Waals surface area contributed by atoms with Crippen LogP contribution in [0.25, 0.3) is 0 Å².